The van der Waals surface area contributed by atoms with E-state index in [4.69, 9.17) is 0 Å². The van der Waals surface area contributed by atoms with Crippen LogP contribution in [0.25, 0.3) is 0 Å². The van der Waals surface area contributed by atoms with Crippen molar-refractivity contribution in [2.45, 2.75) is 0 Å². The molecular formula is H3CsKORb. The van der Waals surface area contributed by atoms with Crippen molar-refractivity contribution in [3.05, 3.63) is 0 Å². The Morgan fingerprint density at radius 1 is 1.25 bits per heavy atom. The monoisotopic (exact) mass is 276 g/mol. The molecule has 0 aliphatic heterocycles. The summed E-state index contributed by atoms with van der Waals surface area (Å²) in [5.41, 5.74) is 0. The minimum absolute atomic E-state index is 0. The Hall–Kier alpha value is 5.45. The van der Waals surface area contributed by atoms with Crippen molar-refractivity contribution in [1.29, 1.82) is 0 Å². The Kier molecular flexibility index (Phi) is 89.7. The molecule has 0 fully saturated rings. The maximum atomic E-state index is 0. The largest absolute Gasteiger partial charge is 1.00 e. The molecule has 0 saturated heterocycles. The van der Waals surface area contributed by atoms with E-state index in [2.05, 4.69) is 0 Å². The topological polar surface area (TPSA) is 30.0 Å². The average molecular weight is 276 g/mol. The van der Waals surface area contributed by atoms with Crippen LogP contribution in [0, 0.1) is 0 Å². The van der Waals surface area contributed by atoms with Crippen LogP contribution >= 0.6 is 0 Å². The van der Waals surface area contributed by atoms with E-state index >= 15 is 0 Å². The molecule has 12 valence electrons. The van der Waals surface area contributed by atoms with E-state index in [1.165, 1.54) is 0 Å². The summed E-state index contributed by atoms with van der Waals surface area (Å²) in [5.74, 6) is 0. The zero-order chi connectivity index (χ0) is 0. The van der Waals surface area contributed by atoms with Crippen LogP contribution in [0.5, 0.6) is 0 Å². The summed E-state index contributed by atoms with van der Waals surface area (Å²) in [6.45, 7) is 0. The Morgan fingerprint density at radius 3 is 1.25 bits per heavy atom. The van der Waals surface area contributed by atoms with Crippen LogP contribution in [0.2, 0.25) is 0 Å². The van der Waals surface area contributed by atoms with Gasteiger partial charge in [-0.1, -0.05) is 0 Å². The van der Waals surface area contributed by atoms with Gasteiger partial charge in [-0.2, -0.15) is 0 Å². The molecule has 0 amide bonds. The van der Waals surface area contributed by atoms with Crippen molar-refractivity contribution in [3.8, 4) is 0 Å². The number of hydrogen-bond donors (Lipinski definition) is 0. The Balaban J connectivity index is 0. The zero-order valence-corrected chi connectivity index (χ0v) is 17.8. The molecule has 0 aliphatic rings. The quantitative estimate of drug-likeness (QED) is 0.404. The molecule has 0 aromatic carbocycles. The van der Waals surface area contributed by atoms with Gasteiger partial charge in [0.2, 0.25) is 0 Å². The second-order valence-electron chi connectivity index (χ2n) is 0. The van der Waals surface area contributed by atoms with Crippen LogP contribution in [-0.2, 0) is 0 Å². The summed E-state index contributed by atoms with van der Waals surface area (Å²) < 4.78 is 0. The van der Waals surface area contributed by atoms with E-state index in [1.54, 1.807) is 0 Å². The van der Waals surface area contributed by atoms with Crippen LogP contribution in [0.4, 0.5) is 0 Å². The first-order valence-corrected chi connectivity index (χ1v) is 0. The SMILES string of the molecule is [Cs+].[H-].[H-].[K+].[OH-].[Rb+]. The fraction of sp³-hybridized carbons (Fsp3) is 0. The van der Waals surface area contributed by atoms with E-state index < -0.39 is 0 Å². The summed E-state index contributed by atoms with van der Waals surface area (Å²) in [6.07, 6.45) is 0. The van der Waals surface area contributed by atoms with E-state index in [-0.39, 0.29) is 187 Å². The first kappa shape index (κ1) is 22.7. The molecule has 0 spiro atoms. The summed E-state index contributed by atoms with van der Waals surface area (Å²) in [7, 11) is 0. The van der Waals surface area contributed by atoms with E-state index in [0.29, 0.717) is 0 Å². The van der Waals surface area contributed by atoms with Gasteiger partial charge in [-0.15, -0.1) is 0 Å². The van der Waals surface area contributed by atoms with Gasteiger partial charge in [0.1, 0.15) is 0 Å². The Bertz CT molecular complexity index is 13.5. The zero-order valence-electron chi connectivity index (χ0n) is 5.45. The maximum Gasteiger partial charge on any atom is 1.00 e. The van der Waals surface area contributed by atoms with Gasteiger partial charge in [-0.25, -0.2) is 0 Å². The smallest absolute Gasteiger partial charge is 1.00 e. The third-order valence-electron chi connectivity index (χ3n) is 0. The van der Waals surface area contributed by atoms with Gasteiger partial charge >= 0.3 is 178 Å². The molecule has 4 heteroatoms. The molecule has 0 radical (unpaired) electrons. The first-order chi connectivity index (χ1) is 0. The molecule has 4 heavy (non-hydrogen) atoms. The molecule has 0 heterocycles. The fourth-order valence-electron chi connectivity index (χ4n) is 0. The standard InChI is InChI=1S/Cs.K.H2O.Rb.2H/h;;1H2;;;/q2*+1;;+1;2*-1/p-1. The van der Waals surface area contributed by atoms with Crippen molar-refractivity contribution in [1.82, 2.24) is 0 Å². The predicted octanol–water partition coefficient (Wildman–Crippen LogP) is -8.94. The molecule has 1 nitrogen and oxygen atoms in total. The third kappa shape index (κ3) is 10.4. The molecule has 0 atom stereocenters. The van der Waals surface area contributed by atoms with Gasteiger partial charge in [0.05, 0.1) is 0 Å². The number of rotatable bonds is 0. The molecule has 0 aromatic heterocycles. The minimum atomic E-state index is 0. The van der Waals surface area contributed by atoms with Gasteiger partial charge in [0.15, 0.2) is 0 Å². The maximum absolute atomic E-state index is 0. The summed E-state index contributed by atoms with van der Waals surface area (Å²) in [4.78, 5) is 0. The van der Waals surface area contributed by atoms with Crippen molar-refractivity contribution < 1.29 is 187 Å². The van der Waals surface area contributed by atoms with Crippen LogP contribution in [-0.4, -0.2) is 5.48 Å². The van der Waals surface area contributed by atoms with E-state index in [9.17, 15) is 0 Å². The molecule has 0 saturated carbocycles. The van der Waals surface area contributed by atoms with E-state index in [0.717, 1.165) is 0 Å². The predicted molar refractivity (Wildman–Crippen MR) is 4.16 cm³/mol. The fourth-order valence-corrected chi connectivity index (χ4v) is 0. The molecule has 0 aromatic rings. The molecule has 0 rings (SSSR count). The van der Waals surface area contributed by atoms with Gasteiger partial charge in [0, 0.05) is 0 Å². The molecular weight excluding hydrogens is 273 g/mol. The second kappa shape index (κ2) is 15.8. The molecule has 0 aliphatic carbocycles. The average Bonchev–Trinajstić information content (AvgIpc) is 0. The van der Waals surface area contributed by atoms with Gasteiger partial charge in [0.25, 0.3) is 0 Å². The van der Waals surface area contributed by atoms with Crippen LogP contribution in [0.3, 0.4) is 0 Å². The van der Waals surface area contributed by atoms with Crippen molar-refractivity contribution >= 4 is 0 Å². The van der Waals surface area contributed by atoms with E-state index in [1.807, 2.05) is 0 Å². The molecule has 1 N–H and O–H groups in total. The Labute approximate surface area is 179 Å². The number of hydrogen-bond acceptors (Lipinski definition) is 1. The Morgan fingerprint density at radius 2 is 1.25 bits per heavy atom. The normalized spacial score (nSPS) is 0. The summed E-state index contributed by atoms with van der Waals surface area (Å²) in [6, 6.07) is 0. The van der Waals surface area contributed by atoms with Crippen LogP contribution in [0.1, 0.15) is 2.85 Å². The summed E-state index contributed by atoms with van der Waals surface area (Å²) in [5, 5.41) is 0. The minimum Gasteiger partial charge on any atom is -1.00 e. The van der Waals surface area contributed by atoms with Crippen molar-refractivity contribution in [2.75, 3.05) is 0 Å². The first-order valence-electron chi connectivity index (χ1n) is 0. The summed E-state index contributed by atoms with van der Waals surface area (Å²) >= 11 is 0. The van der Waals surface area contributed by atoms with Gasteiger partial charge in [-0.05, 0) is 0 Å². The van der Waals surface area contributed by atoms with Gasteiger partial charge in [-0.3, -0.25) is 0 Å². The van der Waals surface area contributed by atoms with Gasteiger partial charge < -0.3 is 8.33 Å². The second-order valence-corrected chi connectivity index (χ2v) is 0. The molecule has 0 bridgehead atoms. The molecule has 0 unspecified atom stereocenters. The van der Waals surface area contributed by atoms with Crippen molar-refractivity contribution in [3.63, 3.8) is 0 Å². The van der Waals surface area contributed by atoms with Crippen LogP contribution in [0.15, 0.2) is 0 Å². The van der Waals surface area contributed by atoms with Crippen molar-refractivity contribution in [2.24, 2.45) is 0 Å². The van der Waals surface area contributed by atoms with Crippen LogP contribution < -0.4 is 178 Å². The third-order valence-corrected chi connectivity index (χ3v) is 0.